The van der Waals surface area contributed by atoms with Gasteiger partial charge in [-0.05, 0) is 36.1 Å². The second-order valence-electron chi connectivity index (χ2n) is 7.29. The smallest absolute Gasteiger partial charge is 0.315 e. The predicted octanol–water partition coefficient (Wildman–Crippen LogP) is 3.25. The highest BCUT2D eigenvalue weighted by Gasteiger charge is 2.35. The van der Waals surface area contributed by atoms with Crippen molar-refractivity contribution in [2.24, 2.45) is 0 Å². The van der Waals surface area contributed by atoms with Gasteiger partial charge in [0, 0.05) is 18.5 Å². The van der Waals surface area contributed by atoms with Gasteiger partial charge in [0.2, 0.25) is 5.91 Å². The highest BCUT2D eigenvalue weighted by molar-refractivity contribution is 5.83. The van der Waals surface area contributed by atoms with Crippen molar-refractivity contribution >= 4 is 11.9 Å². The summed E-state index contributed by atoms with van der Waals surface area (Å²) in [6, 6.07) is 15.8. The lowest BCUT2D eigenvalue weighted by Gasteiger charge is -2.30. The summed E-state index contributed by atoms with van der Waals surface area (Å²) < 4.78 is 12.9. The van der Waals surface area contributed by atoms with Gasteiger partial charge in [-0.25, -0.2) is 9.18 Å². The maximum Gasteiger partial charge on any atom is 0.315 e. The van der Waals surface area contributed by atoms with Crippen LogP contribution in [0, 0.1) is 5.82 Å². The second kappa shape index (κ2) is 9.35. The molecule has 0 unspecified atom stereocenters. The van der Waals surface area contributed by atoms with Crippen LogP contribution in [0.2, 0.25) is 0 Å². The molecule has 1 saturated carbocycles. The van der Waals surface area contributed by atoms with Gasteiger partial charge in [0.1, 0.15) is 5.82 Å². The number of halogens is 1. The summed E-state index contributed by atoms with van der Waals surface area (Å²) >= 11 is 0. The van der Waals surface area contributed by atoms with Crippen molar-refractivity contribution < 1.29 is 14.0 Å². The quantitative estimate of drug-likeness (QED) is 0.687. The normalized spacial score (nSPS) is 15.0. The molecule has 0 saturated heterocycles. The molecule has 3 amide bonds. The fourth-order valence-electron chi connectivity index (χ4n) is 3.75. The number of benzene rings is 2. The third-order valence-corrected chi connectivity index (χ3v) is 5.35. The fraction of sp³-hybridized carbons (Fsp3) is 0.364. The molecule has 3 N–H and O–H groups in total. The number of hydrogen-bond acceptors (Lipinski definition) is 2. The van der Waals surface area contributed by atoms with Crippen LogP contribution in [0.15, 0.2) is 54.6 Å². The Morgan fingerprint density at radius 3 is 2.25 bits per heavy atom. The molecule has 0 heterocycles. The Morgan fingerprint density at radius 1 is 0.893 bits per heavy atom. The third kappa shape index (κ3) is 5.31. The molecule has 5 nitrogen and oxygen atoms in total. The number of amides is 3. The standard InChI is InChI=1S/C22H26FN3O2/c23-19-10-8-17(9-11-19)14-24-21(28)25-15-20(27)26-16-22(12-4-5-13-22)18-6-2-1-3-7-18/h1-3,6-11H,4-5,12-16H2,(H,26,27)(H2,24,25,28). The molecule has 0 aliphatic heterocycles. The minimum absolute atomic E-state index is 0.0121. The number of urea groups is 1. The van der Waals surface area contributed by atoms with Crippen molar-refractivity contribution in [3.8, 4) is 0 Å². The molecule has 0 spiro atoms. The lowest BCUT2D eigenvalue weighted by molar-refractivity contribution is -0.120. The van der Waals surface area contributed by atoms with Gasteiger partial charge in [-0.15, -0.1) is 0 Å². The van der Waals surface area contributed by atoms with Gasteiger partial charge in [0.25, 0.3) is 0 Å². The number of nitrogens with one attached hydrogen (secondary N) is 3. The van der Waals surface area contributed by atoms with E-state index >= 15 is 0 Å². The Bertz CT molecular complexity index is 787. The SMILES string of the molecule is O=C(CNC(=O)NCc1ccc(F)cc1)NCC1(c2ccccc2)CCCC1. The van der Waals surface area contributed by atoms with Crippen LogP contribution in [0.3, 0.4) is 0 Å². The minimum atomic E-state index is -0.432. The van der Waals surface area contributed by atoms with Crippen LogP contribution in [0.5, 0.6) is 0 Å². The van der Waals surface area contributed by atoms with Crippen LogP contribution < -0.4 is 16.0 Å². The summed E-state index contributed by atoms with van der Waals surface area (Å²) in [5.41, 5.74) is 2.03. The van der Waals surface area contributed by atoms with Crippen molar-refractivity contribution in [2.75, 3.05) is 13.1 Å². The summed E-state index contributed by atoms with van der Waals surface area (Å²) in [5.74, 6) is -0.528. The molecule has 6 heteroatoms. The predicted molar refractivity (Wildman–Crippen MR) is 106 cm³/mol. The van der Waals surface area contributed by atoms with Crippen molar-refractivity contribution in [1.82, 2.24) is 16.0 Å². The maximum absolute atomic E-state index is 12.9. The van der Waals surface area contributed by atoms with Gasteiger partial charge in [-0.1, -0.05) is 55.3 Å². The molecule has 0 atom stereocenters. The summed E-state index contributed by atoms with van der Waals surface area (Å²) in [5, 5.41) is 8.18. The van der Waals surface area contributed by atoms with E-state index in [0.717, 1.165) is 31.2 Å². The second-order valence-corrected chi connectivity index (χ2v) is 7.29. The fourth-order valence-corrected chi connectivity index (χ4v) is 3.75. The molecule has 0 bridgehead atoms. The van der Waals surface area contributed by atoms with Crippen LogP contribution in [0.1, 0.15) is 36.8 Å². The zero-order chi connectivity index (χ0) is 19.8. The van der Waals surface area contributed by atoms with Gasteiger partial charge < -0.3 is 16.0 Å². The van der Waals surface area contributed by atoms with Gasteiger partial charge >= 0.3 is 6.03 Å². The first-order chi connectivity index (χ1) is 13.6. The molecule has 28 heavy (non-hydrogen) atoms. The van der Waals surface area contributed by atoms with Crippen LogP contribution in [0.25, 0.3) is 0 Å². The Morgan fingerprint density at radius 2 is 1.57 bits per heavy atom. The number of rotatable bonds is 7. The minimum Gasteiger partial charge on any atom is -0.354 e. The zero-order valence-corrected chi connectivity index (χ0v) is 15.8. The van der Waals surface area contributed by atoms with Crippen molar-refractivity contribution in [3.63, 3.8) is 0 Å². The molecular formula is C22H26FN3O2. The molecule has 1 aliphatic carbocycles. The lowest BCUT2D eigenvalue weighted by atomic mass is 9.79. The maximum atomic E-state index is 12.9. The Hall–Kier alpha value is -2.89. The monoisotopic (exact) mass is 383 g/mol. The number of carbonyl (C=O) groups excluding carboxylic acids is 2. The van der Waals surface area contributed by atoms with Gasteiger partial charge in [0.05, 0.1) is 6.54 Å². The zero-order valence-electron chi connectivity index (χ0n) is 15.8. The molecule has 3 rings (SSSR count). The van der Waals surface area contributed by atoms with E-state index in [1.54, 1.807) is 12.1 Å². The average molecular weight is 383 g/mol. The van der Waals surface area contributed by atoms with Gasteiger partial charge in [-0.2, -0.15) is 0 Å². The van der Waals surface area contributed by atoms with Crippen molar-refractivity contribution in [3.05, 3.63) is 71.5 Å². The van der Waals surface area contributed by atoms with E-state index in [2.05, 4.69) is 28.1 Å². The lowest BCUT2D eigenvalue weighted by Crippen LogP contribution is -2.45. The first kappa shape index (κ1) is 19.9. The van der Waals surface area contributed by atoms with E-state index in [1.807, 2.05) is 18.2 Å². The molecule has 0 radical (unpaired) electrons. The molecule has 0 aromatic heterocycles. The Balaban J connectivity index is 1.42. The van der Waals surface area contributed by atoms with E-state index in [4.69, 9.17) is 0 Å². The summed E-state index contributed by atoms with van der Waals surface area (Å²) in [6.45, 7) is 0.764. The summed E-state index contributed by atoms with van der Waals surface area (Å²) in [6.07, 6.45) is 4.44. The van der Waals surface area contributed by atoms with E-state index in [0.29, 0.717) is 6.54 Å². The highest BCUT2D eigenvalue weighted by atomic mass is 19.1. The first-order valence-corrected chi connectivity index (χ1v) is 9.66. The Kier molecular flexibility index (Phi) is 6.63. The highest BCUT2D eigenvalue weighted by Crippen LogP contribution is 2.40. The molecule has 2 aromatic rings. The third-order valence-electron chi connectivity index (χ3n) is 5.35. The number of carbonyl (C=O) groups is 2. The van der Waals surface area contributed by atoms with Crippen LogP contribution in [-0.4, -0.2) is 25.0 Å². The number of hydrogen-bond donors (Lipinski definition) is 3. The average Bonchev–Trinajstić information content (AvgIpc) is 3.21. The topological polar surface area (TPSA) is 70.2 Å². The van der Waals surface area contributed by atoms with Crippen molar-refractivity contribution in [1.29, 1.82) is 0 Å². The summed E-state index contributed by atoms with van der Waals surface area (Å²) in [7, 11) is 0. The molecule has 2 aromatic carbocycles. The van der Waals surface area contributed by atoms with Gasteiger partial charge in [-0.3, -0.25) is 4.79 Å². The van der Waals surface area contributed by atoms with Gasteiger partial charge in [0.15, 0.2) is 0 Å². The van der Waals surface area contributed by atoms with Crippen LogP contribution >= 0.6 is 0 Å². The van der Waals surface area contributed by atoms with E-state index in [-0.39, 0.29) is 30.2 Å². The van der Waals surface area contributed by atoms with Crippen LogP contribution in [0.4, 0.5) is 9.18 Å². The Labute approximate surface area is 164 Å². The van der Waals surface area contributed by atoms with E-state index < -0.39 is 6.03 Å². The van der Waals surface area contributed by atoms with E-state index in [1.165, 1.54) is 17.7 Å². The van der Waals surface area contributed by atoms with Crippen molar-refractivity contribution in [2.45, 2.75) is 37.6 Å². The van der Waals surface area contributed by atoms with E-state index in [9.17, 15) is 14.0 Å². The molecular weight excluding hydrogens is 357 g/mol. The first-order valence-electron chi connectivity index (χ1n) is 9.66. The largest absolute Gasteiger partial charge is 0.354 e. The molecule has 1 aliphatic rings. The molecule has 148 valence electrons. The van der Waals surface area contributed by atoms with Crippen LogP contribution in [-0.2, 0) is 16.8 Å². The summed E-state index contributed by atoms with van der Waals surface area (Å²) in [4.78, 5) is 24.1. The molecule has 1 fully saturated rings.